The summed E-state index contributed by atoms with van der Waals surface area (Å²) in [5.74, 6) is 3.51. The van der Waals surface area contributed by atoms with Crippen molar-refractivity contribution in [3.63, 3.8) is 0 Å². The molecule has 0 fully saturated rings. The summed E-state index contributed by atoms with van der Waals surface area (Å²) >= 11 is 0. The van der Waals surface area contributed by atoms with Gasteiger partial charge in [0, 0.05) is 11.1 Å². The van der Waals surface area contributed by atoms with Gasteiger partial charge in [-0.15, -0.1) is 6.42 Å². The molecule has 2 nitrogen and oxygen atoms in total. The van der Waals surface area contributed by atoms with Crippen LogP contribution in [0.15, 0.2) is 36.4 Å². The fraction of sp³-hybridized carbons (Fsp3) is 0.125. The zero-order chi connectivity index (χ0) is 13.2. The maximum atomic E-state index is 13.9. The summed E-state index contributed by atoms with van der Waals surface area (Å²) in [6, 6.07) is 9.96. The zero-order valence-electron chi connectivity index (χ0n) is 10.2. The Labute approximate surface area is 110 Å². The molecule has 0 radical (unpaired) electrons. The number of terminal acetylenes is 1. The third-order valence-corrected chi connectivity index (χ3v) is 2.99. The van der Waals surface area contributed by atoms with Gasteiger partial charge in [-0.05, 0) is 35.9 Å². The van der Waals surface area contributed by atoms with Crippen LogP contribution in [0.5, 0.6) is 11.5 Å². The third-order valence-electron chi connectivity index (χ3n) is 2.99. The molecule has 1 aliphatic rings. The van der Waals surface area contributed by atoms with E-state index in [1.807, 2.05) is 0 Å². The van der Waals surface area contributed by atoms with E-state index in [1.165, 1.54) is 6.07 Å². The highest BCUT2D eigenvalue weighted by molar-refractivity contribution is 5.69. The summed E-state index contributed by atoms with van der Waals surface area (Å²) in [7, 11) is 0. The van der Waals surface area contributed by atoms with Crippen LogP contribution in [0, 0.1) is 18.2 Å². The van der Waals surface area contributed by atoms with E-state index in [0.29, 0.717) is 35.8 Å². The molecule has 0 amide bonds. The first-order valence-electron chi connectivity index (χ1n) is 5.94. The lowest BCUT2D eigenvalue weighted by Gasteiger charge is -2.19. The molecule has 0 N–H and O–H groups in total. The summed E-state index contributed by atoms with van der Waals surface area (Å²) in [6.07, 6.45) is 5.34. The molecule has 0 aliphatic carbocycles. The SMILES string of the molecule is C#Cc1ccc(F)c(-c2ccc3c(c2)OCCO3)c1. The minimum atomic E-state index is -0.310. The summed E-state index contributed by atoms with van der Waals surface area (Å²) in [4.78, 5) is 0. The van der Waals surface area contributed by atoms with Crippen LogP contribution in [0.2, 0.25) is 0 Å². The number of hydrogen-bond acceptors (Lipinski definition) is 2. The van der Waals surface area contributed by atoms with Crippen LogP contribution in [0.25, 0.3) is 11.1 Å². The van der Waals surface area contributed by atoms with Gasteiger partial charge in [-0.25, -0.2) is 4.39 Å². The number of hydrogen-bond donors (Lipinski definition) is 0. The predicted molar refractivity (Wildman–Crippen MR) is 70.8 cm³/mol. The van der Waals surface area contributed by atoms with Crippen molar-refractivity contribution in [1.82, 2.24) is 0 Å². The van der Waals surface area contributed by atoms with Crippen molar-refractivity contribution in [2.24, 2.45) is 0 Å². The average Bonchev–Trinajstić information content (AvgIpc) is 2.47. The van der Waals surface area contributed by atoms with Gasteiger partial charge in [0.1, 0.15) is 19.0 Å². The van der Waals surface area contributed by atoms with Crippen LogP contribution in [0.3, 0.4) is 0 Å². The third kappa shape index (κ3) is 2.13. The van der Waals surface area contributed by atoms with E-state index in [9.17, 15) is 4.39 Å². The Hall–Kier alpha value is -2.47. The minimum Gasteiger partial charge on any atom is -0.486 e. The zero-order valence-corrected chi connectivity index (χ0v) is 10.2. The van der Waals surface area contributed by atoms with Crippen LogP contribution in [0.1, 0.15) is 5.56 Å². The van der Waals surface area contributed by atoms with E-state index in [-0.39, 0.29) is 5.82 Å². The van der Waals surface area contributed by atoms with E-state index in [0.717, 1.165) is 5.56 Å². The molecule has 3 heteroatoms. The van der Waals surface area contributed by atoms with E-state index in [1.54, 1.807) is 30.3 Å². The average molecular weight is 254 g/mol. The number of fused-ring (bicyclic) bond motifs is 1. The van der Waals surface area contributed by atoms with Gasteiger partial charge in [-0.1, -0.05) is 12.0 Å². The van der Waals surface area contributed by atoms with Gasteiger partial charge >= 0.3 is 0 Å². The number of ether oxygens (including phenoxy) is 2. The maximum Gasteiger partial charge on any atom is 0.161 e. The summed E-state index contributed by atoms with van der Waals surface area (Å²) in [5, 5.41) is 0. The molecule has 94 valence electrons. The van der Waals surface area contributed by atoms with E-state index < -0.39 is 0 Å². The Morgan fingerprint density at radius 1 is 1.00 bits per heavy atom. The Bertz CT molecular complexity index is 671. The van der Waals surface area contributed by atoms with Crippen molar-refractivity contribution in [2.45, 2.75) is 0 Å². The Morgan fingerprint density at radius 2 is 1.79 bits per heavy atom. The molecule has 19 heavy (non-hydrogen) atoms. The van der Waals surface area contributed by atoms with Crippen molar-refractivity contribution in [3.8, 4) is 35.0 Å². The van der Waals surface area contributed by atoms with Gasteiger partial charge in [0.15, 0.2) is 11.5 Å². The first-order valence-corrected chi connectivity index (χ1v) is 5.94. The van der Waals surface area contributed by atoms with Crippen molar-refractivity contribution in [2.75, 3.05) is 13.2 Å². The van der Waals surface area contributed by atoms with Crippen molar-refractivity contribution < 1.29 is 13.9 Å². The van der Waals surface area contributed by atoms with E-state index in [2.05, 4.69) is 5.92 Å². The molecule has 1 aliphatic heterocycles. The molecule has 2 aromatic carbocycles. The summed E-state index contributed by atoms with van der Waals surface area (Å²) in [6.45, 7) is 1.04. The highest BCUT2D eigenvalue weighted by Gasteiger charge is 2.14. The van der Waals surface area contributed by atoms with Gasteiger partial charge in [-0.2, -0.15) is 0 Å². The molecular weight excluding hydrogens is 243 g/mol. The Kier molecular flexibility index (Phi) is 2.85. The molecule has 0 saturated heterocycles. The molecule has 0 aromatic heterocycles. The summed E-state index contributed by atoms with van der Waals surface area (Å²) in [5.41, 5.74) is 1.83. The van der Waals surface area contributed by atoms with Gasteiger partial charge in [0.05, 0.1) is 0 Å². The van der Waals surface area contributed by atoms with Gasteiger partial charge in [-0.3, -0.25) is 0 Å². The lowest BCUT2D eigenvalue weighted by Crippen LogP contribution is -2.15. The van der Waals surface area contributed by atoms with E-state index in [4.69, 9.17) is 15.9 Å². The van der Waals surface area contributed by atoms with E-state index >= 15 is 0 Å². The molecular formula is C16H11FO2. The van der Waals surface area contributed by atoms with Gasteiger partial charge < -0.3 is 9.47 Å². The maximum absolute atomic E-state index is 13.9. The molecule has 0 spiro atoms. The molecule has 3 rings (SSSR count). The molecule has 1 heterocycles. The monoisotopic (exact) mass is 254 g/mol. The Morgan fingerprint density at radius 3 is 2.58 bits per heavy atom. The fourth-order valence-electron chi connectivity index (χ4n) is 2.05. The number of benzene rings is 2. The largest absolute Gasteiger partial charge is 0.486 e. The normalized spacial score (nSPS) is 12.8. The van der Waals surface area contributed by atoms with Crippen LogP contribution in [-0.2, 0) is 0 Å². The second-order valence-corrected chi connectivity index (χ2v) is 4.20. The first-order chi connectivity index (χ1) is 9.28. The Balaban J connectivity index is 2.09. The molecule has 0 atom stereocenters. The number of halogens is 1. The van der Waals surface area contributed by atoms with Crippen molar-refractivity contribution in [3.05, 3.63) is 47.8 Å². The smallest absolute Gasteiger partial charge is 0.161 e. The molecule has 0 bridgehead atoms. The van der Waals surface area contributed by atoms with Crippen molar-refractivity contribution in [1.29, 1.82) is 0 Å². The quantitative estimate of drug-likeness (QED) is 0.727. The minimum absolute atomic E-state index is 0.310. The van der Waals surface area contributed by atoms with Crippen LogP contribution in [-0.4, -0.2) is 13.2 Å². The standard InChI is InChI=1S/C16H11FO2/c1-2-11-3-5-14(17)13(9-11)12-4-6-15-16(10-12)19-8-7-18-15/h1,3-6,9-10H,7-8H2. The highest BCUT2D eigenvalue weighted by atomic mass is 19.1. The molecule has 0 saturated carbocycles. The van der Waals surface area contributed by atoms with Gasteiger partial charge in [0.25, 0.3) is 0 Å². The first kappa shape index (κ1) is 11.6. The van der Waals surface area contributed by atoms with Crippen LogP contribution >= 0.6 is 0 Å². The highest BCUT2D eigenvalue weighted by Crippen LogP contribution is 2.35. The number of rotatable bonds is 1. The lowest BCUT2D eigenvalue weighted by atomic mass is 10.0. The van der Waals surface area contributed by atoms with Crippen LogP contribution < -0.4 is 9.47 Å². The second kappa shape index (κ2) is 4.66. The molecule has 0 unspecified atom stereocenters. The van der Waals surface area contributed by atoms with Crippen molar-refractivity contribution >= 4 is 0 Å². The predicted octanol–water partition coefficient (Wildman–Crippen LogP) is 3.25. The second-order valence-electron chi connectivity index (χ2n) is 4.20. The lowest BCUT2D eigenvalue weighted by molar-refractivity contribution is 0.171. The van der Waals surface area contributed by atoms with Gasteiger partial charge in [0.2, 0.25) is 0 Å². The topological polar surface area (TPSA) is 18.5 Å². The van der Waals surface area contributed by atoms with Crippen LogP contribution in [0.4, 0.5) is 4.39 Å². The fourth-order valence-corrected chi connectivity index (χ4v) is 2.05. The molecule has 2 aromatic rings. The summed E-state index contributed by atoms with van der Waals surface area (Å²) < 4.78 is 24.8.